The molecular formula is C17H18N8O. The first kappa shape index (κ1) is 16.1. The summed E-state index contributed by atoms with van der Waals surface area (Å²) in [5.41, 5.74) is 0.375. The molecule has 0 radical (unpaired) electrons. The lowest BCUT2D eigenvalue weighted by Crippen LogP contribution is -2.49. The molecule has 4 heterocycles. The van der Waals surface area contributed by atoms with Gasteiger partial charge in [0.15, 0.2) is 5.82 Å². The van der Waals surface area contributed by atoms with Crippen molar-refractivity contribution in [2.75, 3.05) is 31.1 Å². The van der Waals surface area contributed by atoms with Crippen LogP contribution in [0.1, 0.15) is 16.3 Å². The van der Waals surface area contributed by atoms with E-state index in [-0.39, 0.29) is 5.91 Å². The number of carbonyl (C=O) groups is 1. The molecule has 3 aromatic rings. The van der Waals surface area contributed by atoms with Crippen LogP contribution in [-0.2, 0) is 0 Å². The van der Waals surface area contributed by atoms with Gasteiger partial charge in [0, 0.05) is 57.0 Å². The lowest BCUT2D eigenvalue weighted by molar-refractivity contribution is 0.0740. The fourth-order valence-electron chi connectivity index (χ4n) is 2.93. The summed E-state index contributed by atoms with van der Waals surface area (Å²) in [5.74, 6) is 2.17. The second kappa shape index (κ2) is 6.87. The fraction of sp³-hybridized carbons (Fsp3) is 0.294. The van der Waals surface area contributed by atoms with E-state index in [1.807, 2.05) is 25.3 Å². The van der Waals surface area contributed by atoms with Gasteiger partial charge >= 0.3 is 0 Å². The monoisotopic (exact) mass is 350 g/mol. The number of aromatic nitrogens is 6. The molecule has 9 heteroatoms. The summed E-state index contributed by atoms with van der Waals surface area (Å²) in [7, 11) is 0. The molecule has 1 fully saturated rings. The van der Waals surface area contributed by atoms with E-state index in [1.165, 1.54) is 12.4 Å². The van der Waals surface area contributed by atoms with Crippen LogP contribution >= 0.6 is 0 Å². The predicted molar refractivity (Wildman–Crippen MR) is 94.0 cm³/mol. The van der Waals surface area contributed by atoms with Crippen molar-refractivity contribution in [3.63, 3.8) is 0 Å². The highest BCUT2D eigenvalue weighted by molar-refractivity contribution is 5.92. The summed E-state index contributed by atoms with van der Waals surface area (Å²) < 4.78 is 1.71. The van der Waals surface area contributed by atoms with Gasteiger partial charge in [-0.1, -0.05) is 0 Å². The summed E-state index contributed by atoms with van der Waals surface area (Å²) in [4.78, 5) is 33.5. The largest absolute Gasteiger partial charge is 0.353 e. The van der Waals surface area contributed by atoms with Crippen molar-refractivity contribution < 1.29 is 4.79 Å². The van der Waals surface area contributed by atoms with Crippen LogP contribution in [0, 0.1) is 6.92 Å². The number of rotatable bonds is 3. The molecule has 1 amide bonds. The Balaban J connectivity index is 1.47. The van der Waals surface area contributed by atoms with E-state index < -0.39 is 0 Å². The highest BCUT2D eigenvalue weighted by Gasteiger charge is 2.24. The van der Waals surface area contributed by atoms with Crippen molar-refractivity contribution in [1.29, 1.82) is 0 Å². The zero-order valence-corrected chi connectivity index (χ0v) is 14.4. The predicted octanol–water partition coefficient (Wildman–Crippen LogP) is 0.723. The van der Waals surface area contributed by atoms with Gasteiger partial charge in [-0.15, -0.1) is 0 Å². The van der Waals surface area contributed by atoms with Gasteiger partial charge in [0.05, 0.1) is 6.20 Å². The molecule has 0 unspecified atom stereocenters. The number of hydrogen-bond donors (Lipinski definition) is 0. The summed E-state index contributed by atoms with van der Waals surface area (Å²) in [6, 6.07) is 3.77. The molecule has 1 aliphatic heterocycles. The summed E-state index contributed by atoms with van der Waals surface area (Å²) in [5, 5.41) is 4.22. The molecule has 0 bridgehead atoms. The standard InChI is InChI=1S/C17H18N8O/c1-13-21-15(11-16(22-13)25-6-2-3-20-25)23-7-9-24(10-8-23)17(26)14-12-18-4-5-19-14/h2-6,11-12H,7-10H2,1H3. The molecule has 4 rings (SSSR count). The molecule has 0 aliphatic carbocycles. The molecule has 0 aromatic carbocycles. The maximum atomic E-state index is 12.5. The van der Waals surface area contributed by atoms with E-state index in [0.29, 0.717) is 37.7 Å². The van der Waals surface area contributed by atoms with Gasteiger partial charge in [-0.2, -0.15) is 5.10 Å². The molecule has 3 aromatic heterocycles. The minimum Gasteiger partial charge on any atom is -0.353 e. The van der Waals surface area contributed by atoms with Crippen LogP contribution in [0.25, 0.3) is 5.82 Å². The number of piperazine rings is 1. The molecule has 0 spiro atoms. The highest BCUT2D eigenvalue weighted by Crippen LogP contribution is 2.17. The Morgan fingerprint density at radius 1 is 1.04 bits per heavy atom. The molecule has 9 nitrogen and oxygen atoms in total. The topological polar surface area (TPSA) is 92.9 Å². The minimum atomic E-state index is -0.0890. The number of anilines is 1. The first-order chi connectivity index (χ1) is 12.7. The van der Waals surface area contributed by atoms with E-state index in [1.54, 1.807) is 22.0 Å². The van der Waals surface area contributed by atoms with E-state index in [2.05, 4.69) is 29.9 Å². The fourth-order valence-corrected chi connectivity index (χ4v) is 2.93. The zero-order chi connectivity index (χ0) is 17.9. The van der Waals surface area contributed by atoms with Crippen LogP contribution in [0.3, 0.4) is 0 Å². The third kappa shape index (κ3) is 3.23. The van der Waals surface area contributed by atoms with Gasteiger partial charge in [-0.05, 0) is 13.0 Å². The van der Waals surface area contributed by atoms with Crippen molar-refractivity contribution in [2.45, 2.75) is 6.92 Å². The Bertz CT molecular complexity index is 888. The van der Waals surface area contributed by atoms with Gasteiger partial charge in [-0.3, -0.25) is 9.78 Å². The number of hydrogen-bond acceptors (Lipinski definition) is 7. The van der Waals surface area contributed by atoms with Gasteiger partial charge in [0.1, 0.15) is 17.3 Å². The third-order valence-electron chi connectivity index (χ3n) is 4.22. The maximum Gasteiger partial charge on any atom is 0.274 e. The SMILES string of the molecule is Cc1nc(N2CCN(C(=O)c3cnccn3)CC2)cc(-n2cccn2)n1. The van der Waals surface area contributed by atoms with E-state index >= 15 is 0 Å². The van der Waals surface area contributed by atoms with Crippen LogP contribution in [0.15, 0.2) is 43.1 Å². The number of carbonyl (C=O) groups excluding carboxylic acids is 1. The molecule has 1 aliphatic rings. The highest BCUT2D eigenvalue weighted by atomic mass is 16.2. The smallest absolute Gasteiger partial charge is 0.274 e. The van der Waals surface area contributed by atoms with E-state index in [0.717, 1.165) is 11.6 Å². The maximum absolute atomic E-state index is 12.5. The average molecular weight is 350 g/mol. The Hall–Kier alpha value is -3.36. The van der Waals surface area contributed by atoms with Crippen molar-refractivity contribution in [3.8, 4) is 5.82 Å². The number of nitrogens with zero attached hydrogens (tertiary/aromatic N) is 8. The second-order valence-corrected chi connectivity index (χ2v) is 5.95. The van der Waals surface area contributed by atoms with Crippen LogP contribution < -0.4 is 4.90 Å². The van der Waals surface area contributed by atoms with Crippen LogP contribution in [0.2, 0.25) is 0 Å². The van der Waals surface area contributed by atoms with Crippen LogP contribution in [0.4, 0.5) is 5.82 Å². The van der Waals surface area contributed by atoms with Gasteiger partial charge < -0.3 is 9.80 Å². The molecule has 132 valence electrons. The van der Waals surface area contributed by atoms with Gasteiger partial charge in [0.2, 0.25) is 0 Å². The summed E-state index contributed by atoms with van der Waals surface area (Å²) >= 11 is 0. The van der Waals surface area contributed by atoms with Crippen molar-refractivity contribution in [3.05, 3.63) is 54.6 Å². The Labute approximate surface area is 150 Å². The molecule has 26 heavy (non-hydrogen) atoms. The molecular weight excluding hydrogens is 332 g/mol. The minimum absolute atomic E-state index is 0.0890. The van der Waals surface area contributed by atoms with Crippen LogP contribution in [0.5, 0.6) is 0 Å². The molecule has 1 saturated heterocycles. The molecule has 0 N–H and O–H groups in total. The number of aryl methyl sites for hydroxylation is 1. The normalized spacial score (nSPS) is 14.5. The lowest BCUT2D eigenvalue weighted by atomic mass is 10.2. The van der Waals surface area contributed by atoms with Gasteiger partial charge in [-0.25, -0.2) is 19.6 Å². The van der Waals surface area contributed by atoms with Gasteiger partial charge in [0.25, 0.3) is 5.91 Å². The first-order valence-electron chi connectivity index (χ1n) is 8.36. The molecule has 0 saturated carbocycles. The van der Waals surface area contributed by atoms with E-state index in [4.69, 9.17) is 0 Å². The zero-order valence-electron chi connectivity index (χ0n) is 14.4. The van der Waals surface area contributed by atoms with Crippen LogP contribution in [-0.4, -0.2) is 66.7 Å². The Morgan fingerprint density at radius 2 is 1.85 bits per heavy atom. The third-order valence-corrected chi connectivity index (χ3v) is 4.22. The Kier molecular flexibility index (Phi) is 4.26. The van der Waals surface area contributed by atoms with Crippen molar-refractivity contribution in [1.82, 2.24) is 34.6 Å². The average Bonchev–Trinajstić information content (AvgIpc) is 3.23. The quantitative estimate of drug-likeness (QED) is 0.687. The number of amides is 1. The Morgan fingerprint density at radius 3 is 2.54 bits per heavy atom. The first-order valence-corrected chi connectivity index (χ1v) is 8.36. The summed E-state index contributed by atoms with van der Waals surface area (Å²) in [6.07, 6.45) is 8.16. The second-order valence-electron chi connectivity index (χ2n) is 5.95. The lowest BCUT2D eigenvalue weighted by Gasteiger charge is -2.35. The van der Waals surface area contributed by atoms with E-state index in [9.17, 15) is 4.79 Å². The molecule has 0 atom stereocenters. The van der Waals surface area contributed by atoms with Crippen molar-refractivity contribution in [2.24, 2.45) is 0 Å². The van der Waals surface area contributed by atoms with Crippen molar-refractivity contribution >= 4 is 11.7 Å². The summed E-state index contributed by atoms with van der Waals surface area (Å²) in [6.45, 7) is 4.47.